The quantitative estimate of drug-likeness (QED) is 0.348. The molecule has 2 atom stereocenters. The summed E-state index contributed by atoms with van der Waals surface area (Å²) in [7, 11) is 0. The molecule has 1 amide bonds. The molecule has 0 saturated carbocycles. The van der Waals surface area contributed by atoms with Crippen LogP contribution < -0.4 is 11.1 Å². The number of hydrogen-bond acceptors (Lipinski definition) is 7. The summed E-state index contributed by atoms with van der Waals surface area (Å²) in [5.74, 6) is 0. The maximum atomic E-state index is 11.5. The molecular weight excluding hydrogens is 318 g/mol. The normalized spacial score (nSPS) is 13.9. The Balaban J connectivity index is 2.62. The maximum absolute atomic E-state index is 11.5. The van der Waals surface area contributed by atoms with Crippen LogP contribution in [0.1, 0.15) is 38.9 Å². The first-order valence-electron chi connectivity index (χ1n) is 7.38. The van der Waals surface area contributed by atoms with E-state index in [1.165, 1.54) is 12.1 Å². The van der Waals surface area contributed by atoms with Crippen molar-refractivity contribution in [1.82, 2.24) is 5.32 Å². The number of nitrogen functional groups attached to an aromatic ring is 1. The first-order valence-corrected chi connectivity index (χ1v) is 7.38. The van der Waals surface area contributed by atoms with Gasteiger partial charge in [0.1, 0.15) is 11.7 Å². The summed E-state index contributed by atoms with van der Waals surface area (Å²) in [6.45, 7) is 5.21. The van der Waals surface area contributed by atoms with Crippen molar-refractivity contribution in [2.75, 3.05) is 12.3 Å². The number of aliphatic hydroxyl groups excluding tert-OH is 2. The minimum Gasteiger partial charge on any atom is -0.444 e. The van der Waals surface area contributed by atoms with Crippen LogP contribution in [0.3, 0.4) is 0 Å². The molecule has 24 heavy (non-hydrogen) atoms. The van der Waals surface area contributed by atoms with Crippen molar-refractivity contribution < 1.29 is 24.7 Å². The molecule has 9 heteroatoms. The molecule has 0 aliphatic carbocycles. The zero-order chi connectivity index (χ0) is 18.5. The Labute approximate surface area is 139 Å². The topological polar surface area (TPSA) is 148 Å². The van der Waals surface area contributed by atoms with Gasteiger partial charge in [-0.05, 0) is 33.3 Å². The van der Waals surface area contributed by atoms with Crippen LogP contribution in [0.5, 0.6) is 0 Å². The Kier molecular flexibility index (Phi) is 6.50. The highest BCUT2D eigenvalue weighted by Crippen LogP contribution is 2.28. The average molecular weight is 341 g/mol. The number of ether oxygens (including phenoxy) is 1. The summed E-state index contributed by atoms with van der Waals surface area (Å²) < 4.78 is 5.04. The largest absolute Gasteiger partial charge is 0.444 e. The summed E-state index contributed by atoms with van der Waals surface area (Å²) >= 11 is 0. The number of anilines is 1. The number of aliphatic hydroxyl groups is 2. The van der Waals surface area contributed by atoms with Crippen molar-refractivity contribution in [2.45, 2.75) is 45.0 Å². The van der Waals surface area contributed by atoms with Crippen LogP contribution in [0, 0.1) is 10.1 Å². The number of benzene rings is 1. The Hall–Kier alpha value is -2.39. The fraction of sp³-hybridized carbons (Fsp3) is 0.533. The molecule has 0 aliphatic heterocycles. The molecule has 0 heterocycles. The third-order valence-corrected chi connectivity index (χ3v) is 3.07. The van der Waals surface area contributed by atoms with Crippen molar-refractivity contribution in [3.63, 3.8) is 0 Å². The Morgan fingerprint density at radius 3 is 2.58 bits per heavy atom. The van der Waals surface area contributed by atoms with Gasteiger partial charge in [0.25, 0.3) is 5.69 Å². The van der Waals surface area contributed by atoms with Crippen LogP contribution in [-0.4, -0.2) is 39.5 Å². The van der Waals surface area contributed by atoms with Gasteiger partial charge >= 0.3 is 6.09 Å². The van der Waals surface area contributed by atoms with Crippen LogP contribution in [-0.2, 0) is 4.74 Å². The van der Waals surface area contributed by atoms with Gasteiger partial charge < -0.3 is 26.0 Å². The highest BCUT2D eigenvalue weighted by atomic mass is 16.6. The summed E-state index contributed by atoms with van der Waals surface area (Å²) in [6.07, 6.45) is -3.30. The van der Waals surface area contributed by atoms with E-state index in [-0.39, 0.29) is 29.9 Å². The van der Waals surface area contributed by atoms with Crippen molar-refractivity contribution >= 4 is 17.5 Å². The molecular formula is C15H23N3O6. The minimum atomic E-state index is -1.41. The molecule has 1 rings (SSSR count). The van der Waals surface area contributed by atoms with Gasteiger partial charge in [-0.3, -0.25) is 10.1 Å². The van der Waals surface area contributed by atoms with Crippen LogP contribution in [0.25, 0.3) is 0 Å². The van der Waals surface area contributed by atoms with Crippen molar-refractivity contribution in [3.05, 3.63) is 33.9 Å². The van der Waals surface area contributed by atoms with Crippen molar-refractivity contribution in [1.29, 1.82) is 0 Å². The molecule has 0 saturated heterocycles. The highest BCUT2D eigenvalue weighted by molar-refractivity contribution is 5.67. The van der Waals surface area contributed by atoms with Crippen LogP contribution in [0.15, 0.2) is 18.2 Å². The molecule has 9 nitrogen and oxygen atoms in total. The lowest BCUT2D eigenvalue weighted by molar-refractivity contribution is -0.385. The number of amides is 1. The monoisotopic (exact) mass is 341 g/mol. The van der Waals surface area contributed by atoms with Crippen molar-refractivity contribution in [2.24, 2.45) is 0 Å². The number of alkyl carbamates (subject to hydrolysis) is 1. The van der Waals surface area contributed by atoms with E-state index in [1.807, 2.05) is 0 Å². The van der Waals surface area contributed by atoms with E-state index < -0.39 is 28.8 Å². The Morgan fingerprint density at radius 2 is 2.04 bits per heavy atom. The second-order valence-corrected chi connectivity index (χ2v) is 6.30. The summed E-state index contributed by atoms with van der Waals surface area (Å²) in [4.78, 5) is 21.6. The summed E-state index contributed by atoms with van der Waals surface area (Å²) in [6, 6.07) is 3.62. The van der Waals surface area contributed by atoms with E-state index in [1.54, 1.807) is 20.8 Å². The third-order valence-electron chi connectivity index (χ3n) is 3.07. The number of nitrogens with one attached hydrogen (secondary N) is 1. The number of carbonyl (C=O) groups is 1. The molecule has 0 aromatic heterocycles. The van der Waals surface area contributed by atoms with Gasteiger partial charge in [0.05, 0.1) is 11.0 Å². The highest BCUT2D eigenvalue weighted by Gasteiger charge is 2.23. The van der Waals surface area contributed by atoms with Gasteiger partial charge in [-0.15, -0.1) is 0 Å². The van der Waals surface area contributed by atoms with E-state index >= 15 is 0 Å². The average Bonchev–Trinajstić information content (AvgIpc) is 2.44. The molecule has 1 aromatic carbocycles. The fourth-order valence-electron chi connectivity index (χ4n) is 1.93. The number of carbonyl (C=O) groups excluding carboxylic acids is 1. The van der Waals surface area contributed by atoms with Crippen molar-refractivity contribution in [3.8, 4) is 0 Å². The van der Waals surface area contributed by atoms with Gasteiger partial charge in [0.15, 0.2) is 0 Å². The predicted octanol–water partition coefficient (Wildman–Crippen LogP) is 1.49. The standard InChI is InChI=1S/C15H23N3O6/c1-15(2,3)24-14(21)17-7-6-12(19)13(20)10-8-9(18(22)23)4-5-11(10)16/h4-5,8,12-13,19-20H,6-7,16H2,1-3H3,(H,17,21). The second-order valence-electron chi connectivity index (χ2n) is 6.30. The number of nitrogens with zero attached hydrogens (tertiary/aromatic N) is 1. The number of nitro groups is 1. The van der Waals surface area contributed by atoms with Gasteiger partial charge in [0, 0.05) is 29.9 Å². The molecule has 0 bridgehead atoms. The van der Waals surface area contributed by atoms with Crippen LogP contribution in [0.4, 0.5) is 16.2 Å². The lowest BCUT2D eigenvalue weighted by Crippen LogP contribution is -2.34. The van der Waals surface area contributed by atoms with Crippen LogP contribution >= 0.6 is 0 Å². The van der Waals surface area contributed by atoms with Gasteiger partial charge in [0.2, 0.25) is 0 Å². The number of hydrogen-bond donors (Lipinski definition) is 4. The van der Waals surface area contributed by atoms with Gasteiger partial charge in [-0.1, -0.05) is 0 Å². The van der Waals surface area contributed by atoms with Gasteiger partial charge in [-0.2, -0.15) is 0 Å². The molecule has 0 fully saturated rings. The first-order chi connectivity index (χ1) is 11.0. The SMILES string of the molecule is CC(C)(C)OC(=O)NCCC(O)C(O)c1cc([N+](=O)[O-])ccc1N. The number of non-ortho nitro benzene ring substituents is 1. The van der Waals surface area contributed by atoms with E-state index in [9.17, 15) is 25.1 Å². The second kappa shape index (κ2) is 7.93. The van der Waals surface area contributed by atoms with E-state index in [0.29, 0.717) is 0 Å². The summed E-state index contributed by atoms with van der Waals surface area (Å²) in [5, 5.41) is 33.4. The maximum Gasteiger partial charge on any atom is 0.407 e. The molecule has 0 spiro atoms. The molecule has 2 unspecified atom stereocenters. The van der Waals surface area contributed by atoms with Crippen LogP contribution in [0.2, 0.25) is 0 Å². The van der Waals surface area contributed by atoms with Gasteiger partial charge in [-0.25, -0.2) is 4.79 Å². The van der Waals surface area contributed by atoms with E-state index in [2.05, 4.69) is 5.32 Å². The minimum absolute atomic E-state index is 0.0164. The molecule has 0 radical (unpaired) electrons. The number of nitro benzene ring substituents is 1. The molecule has 0 aliphatic rings. The lowest BCUT2D eigenvalue weighted by Gasteiger charge is -2.21. The molecule has 5 N–H and O–H groups in total. The summed E-state index contributed by atoms with van der Waals surface area (Å²) in [5.41, 5.74) is 5.01. The number of nitrogens with two attached hydrogens (primary N) is 1. The third kappa shape index (κ3) is 6.01. The number of rotatable bonds is 6. The first kappa shape index (κ1) is 19.7. The molecule has 134 valence electrons. The van der Waals surface area contributed by atoms with E-state index in [0.717, 1.165) is 6.07 Å². The van der Waals surface area contributed by atoms with E-state index in [4.69, 9.17) is 10.5 Å². The smallest absolute Gasteiger partial charge is 0.407 e. The fourth-order valence-corrected chi connectivity index (χ4v) is 1.93. The zero-order valence-electron chi connectivity index (χ0n) is 13.9. The molecule has 1 aromatic rings. The lowest BCUT2D eigenvalue weighted by atomic mass is 10.00. The predicted molar refractivity (Wildman–Crippen MR) is 87.3 cm³/mol. The Bertz CT molecular complexity index is 599. The zero-order valence-corrected chi connectivity index (χ0v) is 13.9. The Morgan fingerprint density at radius 1 is 1.42 bits per heavy atom.